The number of benzene rings is 2. The van der Waals surface area contributed by atoms with Crippen molar-refractivity contribution in [1.29, 1.82) is 0 Å². The van der Waals surface area contributed by atoms with Crippen LogP contribution in [0.3, 0.4) is 0 Å². The van der Waals surface area contributed by atoms with Crippen molar-refractivity contribution in [1.82, 2.24) is 9.55 Å². The van der Waals surface area contributed by atoms with Crippen LogP contribution in [0.1, 0.15) is 38.4 Å². The molecule has 0 aliphatic carbocycles. The Morgan fingerprint density at radius 2 is 1.56 bits per heavy atom. The topological polar surface area (TPSA) is 95.6 Å². The van der Waals surface area contributed by atoms with Gasteiger partial charge in [-0.25, -0.2) is 13.8 Å². The number of halogens is 2. The summed E-state index contributed by atoms with van der Waals surface area (Å²) in [5.41, 5.74) is 2.79. The van der Waals surface area contributed by atoms with Crippen LogP contribution in [-0.4, -0.2) is 43.0 Å². The number of allylic oxidation sites excluding steroid dienone is 1. The van der Waals surface area contributed by atoms with Gasteiger partial charge in [-0.2, -0.15) is 0 Å². The van der Waals surface area contributed by atoms with Crippen LogP contribution in [0.2, 0.25) is 0 Å². The van der Waals surface area contributed by atoms with Gasteiger partial charge in [-0.3, -0.25) is 4.79 Å². The normalized spacial score (nSPS) is 13.5. The highest BCUT2D eigenvalue weighted by Crippen LogP contribution is 2.35. The summed E-state index contributed by atoms with van der Waals surface area (Å²) in [5, 5.41) is 28.7. The smallest absolute Gasteiger partial charge is 0.305 e. The van der Waals surface area contributed by atoms with Gasteiger partial charge in [-0.15, -0.1) is 0 Å². The average molecular weight is 471 g/mol. The summed E-state index contributed by atoms with van der Waals surface area (Å²) in [4.78, 5) is 15.5. The number of nitrogens with zero attached hydrogens (tertiary/aromatic N) is 2. The molecule has 3 N–H and O–H groups in total. The molecule has 0 saturated carbocycles. The number of carboxylic acids is 1. The van der Waals surface area contributed by atoms with Gasteiger partial charge in [-0.05, 0) is 48.5 Å². The highest BCUT2D eigenvalue weighted by Gasteiger charge is 2.21. The molecule has 6 nitrogen and oxygen atoms in total. The molecule has 2 atom stereocenters. The fraction of sp³-hybridized carbons (Fsp3) is 0.308. The van der Waals surface area contributed by atoms with Gasteiger partial charge in [0.25, 0.3) is 0 Å². The van der Waals surface area contributed by atoms with E-state index in [0.29, 0.717) is 17.8 Å². The minimum absolute atomic E-state index is 0.0316. The molecule has 180 valence electrons. The first kappa shape index (κ1) is 25.3. The second kappa shape index (κ2) is 11.2. The van der Waals surface area contributed by atoms with Crippen LogP contribution >= 0.6 is 0 Å². The number of aromatic nitrogens is 2. The van der Waals surface area contributed by atoms with Crippen LogP contribution in [0.4, 0.5) is 8.78 Å². The fourth-order valence-corrected chi connectivity index (χ4v) is 3.77. The molecular formula is C26H28F2N2O4. The van der Waals surface area contributed by atoms with Crippen molar-refractivity contribution in [2.75, 3.05) is 0 Å². The van der Waals surface area contributed by atoms with E-state index in [1.165, 1.54) is 30.3 Å². The predicted molar refractivity (Wildman–Crippen MR) is 125 cm³/mol. The number of aliphatic hydroxyl groups excluding tert-OH is 2. The molecule has 3 rings (SSSR count). The third-order valence-corrected chi connectivity index (χ3v) is 5.32. The Bertz CT molecular complexity index is 1140. The molecule has 34 heavy (non-hydrogen) atoms. The molecule has 2 unspecified atom stereocenters. The standard InChI is InChI=1S/C26H28F2N2O4/c1-16(2)26-29-24(17-5-9-19(27)10-6-17)25(18-7-11-20(28)12-8-18)30(26)13-3-4-21(31)14-22(32)15-23(33)34/h3-12,16,21-22,31-32H,13-15H2,1-2H3,(H,33,34). The van der Waals surface area contributed by atoms with Crippen molar-refractivity contribution < 1.29 is 28.9 Å². The number of aliphatic hydroxyl groups is 2. The summed E-state index contributed by atoms with van der Waals surface area (Å²) in [6.07, 6.45) is 0.492. The van der Waals surface area contributed by atoms with E-state index >= 15 is 0 Å². The Labute approximate surface area is 196 Å². The molecule has 0 saturated heterocycles. The number of carbonyl (C=O) groups is 1. The van der Waals surface area contributed by atoms with Crippen molar-refractivity contribution in [2.45, 2.75) is 51.4 Å². The number of hydrogen-bond acceptors (Lipinski definition) is 4. The van der Waals surface area contributed by atoms with Crippen LogP contribution in [-0.2, 0) is 11.3 Å². The summed E-state index contributed by atoms with van der Waals surface area (Å²) in [7, 11) is 0. The summed E-state index contributed by atoms with van der Waals surface area (Å²) in [5.74, 6) is -1.09. The van der Waals surface area contributed by atoms with Gasteiger partial charge in [0.05, 0.1) is 30.0 Å². The third kappa shape index (κ3) is 6.36. The highest BCUT2D eigenvalue weighted by molar-refractivity contribution is 5.79. The van der Waals surface area contributed by atoms with Crippen molar-refractivity contribution in [2.24, 2.45) is 0 Å². The van der Waals surface area contributed by atoms with Gasteiger partial charge in [-0.1, -0.05) is 26.0 Å². The molecule has 1 aromatic heterocycles. The number of aliphatic carboxylic acids is 1. The second-order valence-electron chi connectivity index (χ2n) is 8.43. The van der Waals surface area contributed by atoms with Gasteiger partial charge >= 0.3 is 5.97 Å². The highest BCUT2D eigenvalue weighted by atomic mass is 19.1. The van der Waals surface area contributed by atoms with E-state index < -0.39 is 24.6 Å². The zero-order valence-corrected chi connectivity index (χ0v) is 19.0. The maximum Gasteiger partial charge on any atom is 0.305 e. The lowest BCUT2D eigenvalue weighted by atomic mass is 10.0. The first-order valence-electron chi connectivity index (χ1n) is 11.0. The largest absolute Gasteiger partial charge is 0.481 e. The zero-order valence-electron chi connectivity index (χ0n) is 19.0. The Morgan fingerprint density at radius 1 is 1.00 bits per heavy atom. The molecule has 8 heteroatoms. The number of imidazole rings is 1. The number of hydrogen-bond donors (Lipinski definition) is 3. The first-order chi connectivity index (χ1) is 16.2. The molecule has 0 amide bonds. The fourth-order valence-electron chi connectivity index (χ4n) is 3.77. The Kier molecular flexibility index (Phi) is 8.31. The zero-order chi connectivity index (χ0) is 24.8. The van der Waals surface area contributed by atoms with E-state index in [-0.39, 0.29) is 24.0 Å². The summed E-state index contributed by atoms with van der Waals surface area (Å²) >= 11 is 0. The third-order valence-electron chi connectivity index (χ3n) is 5.32. The molecule has 0 radical (unpaired) electrons. The van der Waals surface area contributed by atoms with Crippen LogP contribution in [0.15, 0.2) is 60.7 Å². The molecule has 0 fully saturated rings. The van der Waals surface area contributed by atoms with Gasteiger partial charge in [0.2, 0.25) is 0 Å². The minimum atomic E-state index is -1.16. The van der Waals surface area contributed by atoms with E-state index in [1.807, 2.05) is 18.4 Å². The summed E-state index contributed by atoms with van der Waals surface area (Å²) in [6.45, 7) is 4.30. The average Bonchev–Trinajstić information content (AvgIpc) is 3.14. The number of carboxylic acid groups (broad SMARTS) is 1. The Hall–Kier alpha value is -3.36. The maximum atomic E-state index is 13.6. The van der Waals surface area contributed by atoms with Crippen molar-refractivity contribution in [3.05, 3.63) is 78.1 Å². The molecular weight excluding hydrogens is 442 g/mol. The van der Waals surface area contributed by atoms with Crippen LogP contribution in [0.25, 0.3) is 22.5 Å². The molecule has 0 aliphatic heterocycles. The van der Waals surface area contributed by atoms with E-state index in [1.54, 1.807) is 30.3 Å². The van der Waals surface area contributed by atoms with E-state index in [2.05, 4.69) is 0 Å². The van der Waals surface area contributed by atoms with Crippen molar-refractivity contribution >= 4 is 5.97 Å². The quantitative estimate of drug-likeness (QED) is 0.371. The van der Waals surface area contributed by atoms with Crippen LogP contribution in [0, 0.1) is 11.6 Å². The maximum absolute atomic E-state index is 13.6. The summed E-state index contributed by atoms with van der Waals surface area (Å²) < 4.78 is 29.1. The van der Waals surface area contributed by atoms with E-state index in [0.717, 1.165) is 17.1 Å². The monoisotopic (exact) mass is 470 g/mol. The van der Waals surface area contributed by atoms with Gasteiger partial charge in [0.15, 0.2) is 0 Å². The number of rotatable bonds is 10. The van der Waals surface area contributed by atoms with Gasteiger partial charge in [0.1, 0.15) is 17.5 Å². The van der Waals surface area contributed by atoms with Crippen molar-refractivity contribution in [3.63, 3.8) is 0 Å². The van der Waals surface area contributed by atoms with Crippen LogP contribution < -0.4 is 0 Å². The molecule has 1 heterocycles. The molecule has 2 aromatic carbocycles. The lowest BCUT2D eigenvalue weighted by molar-refractivity contribution is -0.139. The minimum Gasteiger partial charge on any atom is -0.481 e. The Morgan fingerprint density at radius 3 is 2.09 bits per heavy atom. The van der Waals surface area contributed by atoms with Crippen LogP contribution in [0.5, 0.6) is 0 Å². The lowest BCUT2D eigenvalue weighted by Crippen LogP contribution is -2.19. The Balaban J connectivity index is 2.00. The summed E-state index contributed by atoms with van der Waals surface area (Å²) in [6, 6.07) is 12.0. The SMILES string of the molecule is CC(C)c1nc(-c2ccc(F)cc2)c(-c2ccc(F)cc2)n1CC=CC(O)CC(O)CC(=O)O. The van der Waals surface area contributed by atoms with E-state index in [9.17, 15) is 23.8 Å². The molecule has 0 aliphatic rings. The second-order valence-corrected chi connectivity index (χ2v) is 8.43. The van der Waals surface area contributed by atoms with Gasteiger partial charge < -0.3 is 19.9 Å². The van der Waals surface area contributed by atoms with Gasteiger partial charge in [0, 0.05) is 30.0 Å². The molecule has 0 bridgehead atoms. The first-order valence-corrected chi connectivity index (χ1v) is 11.0. The van der Waals surface area contributed by atoms with Crippen molar-refractivity contribution in [3.8, 4) is 22.5 Å². The molecule has 0 spiro atoms. The lowest BCUT2D eigenvalue weighted by Gasteiger charge is -2.14. The predicted octanol–water partition coefficient (Wildman–Crippen LogP) is 4.76. The molecule has 3 aromatic rings. The van der Waals surface area contributed by atoms with E-state index in [4.69, 9.17) is 10.1 Å².